The molecule has 88 valence electrons. The maximum absolute atomic E-state index is 10.0. The highest BCUT2D eigenvalue weighted by molar-refractivity contribution is 5.75. The predicted molar refractivity (Wildman–Crippen MR) is 55.8 cm³/mol. The van der Waals surface area contributed by atoms with Gasteiger partial charge in [0.25, 0.3) is 0 Å². The fraction of sp³-hybridized carbons (Fsp3) is 0.889. The lowest BCUT2D eigenvalue weighted by Crippen LogP contribution is -2.52. The van der Waals surface area contributed by atoms with Crippen LogP contribution in [0, 0.1) is 5.92 Å². The third-order valence-electron chi connectivity index (χ3n) is 3.01. The minimum absolute atomic E-state index is 0.134. The number of nitrogens with zero attached hydrogens (tertiary/aromatic N) is 4. The average molecular weight is 226 g/mol. The first-order valence-electron chi connectivity index (χ1n) is 5.19. The first-order chi connectivity index (χ1) is 7.63. The molecule has 0 aromatic carbocycles. The Morgan fingerprint density at radius 1 is 1.62 bits per heavy atom. The number of aliphatic hydroxyl groups excluding tert-OH is 1. The Morgan fingerprint density at radius 2 is 2.38 bits per heavy atom. The molecule has 0 saturated carbocycles. The van der Waals surface area contributed by atoms with Crippen LogP contribution in [0.5, 0.6) is 0 Å². The lowest BCUT2D eigenvalue weighted by molar-refractivity contribution is -0.200. The number of fused-ring (bicyclic) bond motifs is 1. The number of rotatable bonds is 2. The van der Waals surface area contributed by atoms with Gasteiger partial charge in [0.05, 0.1) is 18.8 Å². The number of hydrogen-bond acceptors (Lipinski definition) is 5. The smallest absolute Gasteiger partial charge is 0.226 e. The maximum Gasteiger partial charge on any atom is 0.226 e. The molecular weight excluding hydrogens is 212 g/mol. The highest BCUT2D eigenvalue weighted by Gasteiger charge is 2.46. The van der Waals surface area contributed by atoms with Crippen LogP contribution in [0.25, 0.3) is 10.4 Å². The van der Waals surface area contributed by atoms with Gasteiger partial charge in [0.1, 0.15) is 6.04 Å². The van der Waals surface area contributed by atoms with E-state index in [0.29, 0.717) is 5.90 Å². The van der Waals surface area contributed by atoms with Crippen LogP contribution in [-0.2, 0) is 9.47 Å². The minimum atomic E-state index is -0.630. The summed E-state index contributed by atoms with van der Waals surface area (Å²) in [5.41, 5.74) is 8.26. The van der Waals surface area contributed by atoms with E-state index in [2.05, 4.69) is 15.0 Å². The normalized spacial score (nSPS) is 41.7. The third-order valence-corrected chi connectivity index (χ3v) is 3.01. The predicted octanol–water partition coefficient (Wildman–Crippen LogP) is 0.836. The SMILES string of the molecule is CC1=NC2C(O1)OC(CN=[N+]=[N-])C(C)C2O. The second-order valence-electron chi connectivity index (χ2n) is 4.06. The fourth-order valence-electron chi connectivity index (χ4n) is 2.04. The van der Waals surface area contributed by atoms with Crippen molar-refractivity contribution in [2.75, 3.05) is 6.54 Å². The highest BCUT2D eigenvalue weighted by Crippen LogP contribution is 2.31. The molecule has 16 heavy (non-hydrogen) atoms. The van der Waals surface area contributed by atoms with E-state index in [1.54, 1.807) is 6.92 Å². The van der Waals surface area contributed by atoms with Crippen molar-refractivity contribution in [3.63, 3.8) is 0 Å². The van der Waals surface area contributed by atoms with Gasteiger partial charge in [-0.3, -0.25) is 0 Å². The van der Waals surface area contributed by atoms with Crippen LogP contribution >= 0.6 is 0 Å². The Labute approximate surface area is 92.7 Å². The molecule has 7 heteroatoms. The molecule has 2 heterocycles. The van der Waals surface area contributed by atoms with Gasteiger partial charge in [-0.2, -0.15) is 0 Å². The number of azide groups is 1. The van der Waals surface area contributed by atoms with Gasteiger partial charge in [-0.15, -0.1) is 0 Å². The summed E-state index contributed by atoms with van der Waals surface area (Å²) in [7, 11) is 0. The fourth-order valence-corrected chi connectivity index (χ4v) is 2.04. The summed E-state index contributed by atoms with van der Waals surface area (Å²) < 4.78 is 10.9. The molecule has 0 amide bonds. The van der Waals surface area contributed by atoms with Crippen molar-refractivity contribution in [1.29, 1.82) is 0 Å². The van der Waals surface area contributed by atoms with E-state index in [1.165, 1.54) is 0 Å². The number of hydrogen-bond donors (Lipinski definition) is 1. The van der Waals surface area contributed by atoms with Crippen LogP contribution in [0.3, 0.4) is 0 Å². The van der Waals surface area contributed by atoms with Crippen molar-refractivity contribution in [3.05, 3.63) is 10.4 Å². The van der Waals surface area contributed by atoms with E-state index < -0.39 is 12.4 Å². The summed E-state index contributed by atoms with van der Waals surface area (Å²) >= 11 is 0. The summed E-state index contributed by atoms with van der Waals surface area (Å²) in [5, 5.41) is 13.5. The summed E-state index contributed by atoms with van der Waals surface area (Å²) in [5.74, 6) is 0.385. The molecule has 7 nitrogen and oxygen atoms in total. The second-order valence-corrected chi connectivity index (χ2v) is 4.06. The molecule has 1 fully saturated rings. The molecule has 0 aliphatic carbocycles. The van der Waals surface area contributed by atoms with E-state index in [4.69, 9.17) is 15.0 Å². The van der Waals surface area contributed by atoms with Crippen LogP contribution in [0.2, 0.25) is 0 Å². The lowest BCUT2D eigenvalue weighted by atomic mass is 9.90. The van der Waals surface area contributed by atoms with Gasteiger partial charge >= 0.3 is 0 Å². The standard InChI is InChI=1S/C9H14N4O3/c1-4-6(3-11-13-10)16-9-7(8(4)14)12-5(2)15-9/h4,6-9,14H,3H2,1-2H3. The Bertz CT molecular complexity index is 353. The van der Waals surface area contributed by atoms with E-state index >= 15 is 0 Å². The molecule has 5 atom stereocenters. The van der Waals surface area contributed by atoms with E-state index in [-0.39, 0.29) is 24.6 Å². The maximum atomic E-state index is 10.0. The van der Waals surface area contributed by atoms with Crippen molar-refractivity contribution >= 4 is 5.90 Å². The molecule has 0 bridgehead atoms. The van der Waals surface area contributed by atoms with E-state index in [0.717, 1.165) is 0 Å². The van der Waals surface area contributed by atoms with Crippen molar-refractivity contribution in [1.82, 2.24) is 0 Å². The summed E-state index contributed by atoms with van der Waals surface area (Å²) in [6.45, 7) is 3.77. The van der Waals surface area contributed by atoms with Crippen molar-refractivity contribution in [3.8, 4) is 0 Å². The van der Waals surface area contributed by atoms with Crippen LogP contribution < -0.4 is 0 Å². The van der Waals surface area contributed by atoms with E-state index in [1.807, 2.05) is 6.92 Å². The molecule has 0 aromatic heterocycles. The number of aliphatic imine (C=N–C) groups is 1. The lowest BCUT2D eigenvalue weighted by Gasteiger charge is -2.38. The van der Waals surface area contributed by atoms with Crippen LogP contribution in [-0.4, -0.2) is 42.1 Å². The Kier molecular flexibility index (Phi) is 3.00. The highest BCUT2D eigenvalue weighted by atomic mass is 16.7. The second kappa shape index (κ2) is 4.29. The average Bonchev–Trinajstić information content (AvgIpc) is 2.62. The Balaban J connectivity index is 2.10. The van der Waals surface area contributed by atoms with E-state index in [9.17, 15) is 5.11 Å². The Morgan fingerprint density at radius 3 is 3.06 bits per heavy atom. The first-order valence-corrected chi connectivity index (χ1v) is 5.19. The molecular formula is C9H14N4O3. The van der Waals surface area contributed by atoms with Gasteiger partial charge in [-0.1, -0.05) is 12.0 Å². The quantitative estimate of drug-likeness (QED) is 0.429. The molecule has 0 radical (unpaired) electrons. The van der Waals surface area contributed by atoms with Crippen LogP contribution in [0.15, 0.2) is 10.1 Å². The van der Waals surface area contributed by atoms with Crippen LogP contribution in [0.4, 0.5) is 0 Å². The molecule has 1 N–H and O–H groups in total. The summed E-state index contributed by atoms with van der Waals surface area (Å²) in [6.07, 6.45) is -1.51. The molecule has 2 aliphatic heterocycles. The van der Waals surface area contributed by atoms with Gasteiger partial charge in [-0.25, -0.2) is 4.99 Å². The zero-order valence-electron chi connectivity index (χ0n) is 9.15. The number of aliphatic hydroxyl groups is 1. The minimum Gasteiger partial charge on any atom is -0.450 e. The topological polar surface area (TPSA) is 99.8 Å². The van der Waals surface area contributed by atoms with Gasteiger partial charge in [0, 0.05) is 17.8 Å². The van der Waals surface area contributed by atoms with Gasteiger partial charge in [0.15, 0.2) is 5.90 Å². The van der Waals surface area contributed by atoms with Crippen molar-refractivity contribution in [2.24, 2.45) is 16.0 Å². The van der Waals surface area contributed by atoms with Crippen molar-refractivity contribution < 1.29 is 14.6 Å². The molecule has 5 unspecified atom stereocenters. The van der Waals surface area contributed by atoms with Crippen molar-refractivity contribution in [2.45, 2.75) is 38.4 Å². The third kappa shape index (κ3) is 1.84. The monoisotopic (exact) mass is 226 g/mol. The largest absolute Gasteiger partial charge is 0.450 e. The molecule has 0 spiro atoms. The summed E-state index contributed by atoms with van der Waals surface area (Å²) in [6, 6.07) is -0.364. The summed E-state index contributed by atoms with van der Waals surface area (Å²) in [4.78, 5) is 6.86. The molecule has 0 aromatic rings. The van der Waals surface area contributed by atoms with Gasteiger partial charge in [0.2, 0.25) is 6.29 Å². The van der Waals surface area contributed by atoms with Gasteiger partial charge in [-0.05, 0) is 5.53 Å². The molecule has 2 aliphatic rings. The molecule has 1 saturated heterocycles. The van der Waals surface area contributed by atoms with Crippen LogP contribution in [0.1, 0.15) is 13.8 Å². The first kappa shape index (κ1) is 11.2. The van der Waals surface area contributed by atoms with Gasteiger partial charge < -0.3 is 14.6 Å². The Hall–Kier alpha value is -1.30. The molecule has 2 rings (SSSR count). The number of ether oxygens (including phenoxy) is 2. The zero-order chi connectivity index (χ0) is 11.7. The zero-order valence-corrected chi connectivity index (χ0v) is 9.15.